The molecule has 0 fully saturated rings. The Bertz CT molecular complexity index is 242. The quantitative estimate of drug-likeness (QED) is 0.587. The van der Waals surface area contributed by atoms with Crippen LogP contribution in [0.2, 0.25) is 0 Å². The van der Waals surface area contributed by atoms with Crippen molar-refractivity contribution in [3.05, 3.63) is 0 Å². The Morgan fingerprint density at radius 1 is 1.33 bits per heavy atom. The summed E-state index contributed by atoms with van der Waals surface area (Å²) in [6, 6.07) is 0. The summed E-state index contributed by atoms with van der Waals surface area (Å²) in [4.78, 5) is 21.1. The molecule has 0 bridgehead atoms. The predicted octanol–water partition coefficient (Wildman–Crippen LogP) is -0.838. The van der Waals surface area contributed by atoms with E-state index in [4.69, 9.17) is 5.11 Å². The van der Waals surface area contributed by atoms with Gasteiger partial charge in [-0.15, -0.1) is 0 Å². The number of rotatable bonds is 4. The molecule has 0 aromatic heterocycles. The molecule has 1 atom stereocenters. The first-order valence-electron chi connectivity index (χ1n) is 3.99. The van der Waals surface area contributed by atoms with E-state index in [2.05, 4.69) is 5.32 Å². The first-order valence-corrected chi connectivity index (χ1v) is 3.99. The van der Waals surface area contributed by atoms with Crippen molar-refractivity contribution in [1.82, 2.24) is 10.6 Å². The van der Waals surface area contributed by atoms with Crippen molar-refractivity contribution >= 4 is 11.8 Å². The van der Waals surface area contributed by atoms with Gasteiger partial charge in [-0.1, -0.05) is 0 Å². The van der Waals surface area contributed by atoms with Crippen LogP contribution in [-0.2, 0) is 9.59 Å². The molecular weight excluding hydrogens is 217 g/mol. The first kappa shape index (κ1) is 13.7. The molecule has 88 valence electrons. The average Bonchev–Trinajstić information content (AvgIpc) is 2.09. The number of amides is 2. The second kappa shape index (κ2) is 5.54. The third-order valence-electron chi connectivity index (χ3n) is 1.37. The van der Waals surface area contributed by atoms with Crippen LogP contribution in [0.3, 0.4) is 0 Å². The lowest BCUT2D eigenvalue weighted by atomic mass is 10.3. The van der Waals surface area contributed by atoms with E-state index in [0.29, 0.717) is 0 Å². The molecule has 1 unspecified atom stereocenters. The van der Waals surface area contributed by atoms with Crippen molar-refractivity contribution in [3.8, 4) is 0 Å². The largest absolute Gasteiger partial charge is 0.416 e. The fraction of sp³-hybridized carbons (Fsp3) is 0.714. The van der Waals surface area contributed by atoms with E-state index in [1.165, 1.54) is 0 Å². The van der Waals surface area contributed by atoms with Gasteiger partial charge in [-0.05, 0) is 0 Å². The zero-order chi connectivity index (χ0) is 12.1. The molecular formula is C7H11F3N2O3. The number of aliphatic hydroxyl groups is 1. The minimum absolute atomic E-state index is 0.417. The number of carbonyl (C=O) groups is 2. The molecule has 3 N–H and O–H groups in total. The number of halogens is 3. The predicted molar refractivity (Wildman–Crippen MR) is 43.8 cm³/mol. The molecule has 15 heavy (non-hydrogen) atoms. The Morgan fingerprint density at radius 2 is 1.87 bits per heavy atom. The van der Waals surface area contributed by atoms with Crippen LogP contribution in [0.15, 0.2) is 0 Å². The molecule has 0 aromatic rings. The second-order valence-electron chi connectivity index (χ2n) is 2.77. The highest BCUT2D eigenvalue weighted by Gasteiger charge is 2.38. The maximum atomic E-state index is 11.7. The Morgan fingerprint density at radius 3 is 2.27 bits per heavy atom. The lowest BCUT2D eigenvalue weighted by molar-refractivity contribution is -0.201. The van der Waals surface area contributed by atoms with E-state index < -0.39 is 37.2 Å². The summed E-state index contributed by atoms with van der Waals surface area (Å²) >= 11 is 0. The molecule has 0 heterocycles. The van der Waals surface area contributed by atoms with Gasteiger partial charge < -0.3 is 15.7 Å². The number of hydrogen-bond acceptors (Lipinski definition) is 3. The Kier molecular flexibility index (Phi) is 5.06. The van der Waals surface area contributed by atoms with E-state index in [1.54, 1.807) is 0 Å². The molecule has 2 amide bonds. The van der Waals surface area contributed by atoms with Gasteiger partial charge in [-0.25, -0.2) is 0 Å². The molecule has 0 radical (unpaired) electrons. The zero-order valence-electron chi connectivity index (χ0n) is 7.89. The fourth-order valence-electron chi connectivity index (χ4n) is 0.593. The molecule has 0 aliphatic carbocycles. The van der Waals surface area contributed by atoms with Gasteiger partial charge in [0.15, 0.2) is 6.10 Å². The van der Waals surface area contributed by atoms with Crippen LogP contribution < -0.4 is 10.6 Å². The Hall–Kier alpha value is -1.31. The van der Waals surface area contributed by atoms with E-state index in [1.807, 2.05) is 5.32 Å². The average molecular weight is 228 g/mol. The Labute approximate surface area is 83.6 Å². The summed E-state index contributed by atoms with van der Waals surface area (Å²) in [7, 11) is 0. The lowest BCUT2D eigenvalue weighted by Crippen LogP contribution is -2.43. The van der Waals surface area contributed by atoms with Gasteiger partial charge in [-0.3, -0.25) is 9.59 Å². The second-order valence-corrected chi connectivity index (χ2v) is 2.77. The summed E-state index contributed by atoms with van der Waals surface area (Å²) in [6.07, 6.45) is -7.36. The highest BCUT2D eigenvalue weighted by Crippen LogP contribution is 2.18. The van der Waals surface area contributed by atoms with Crippen LogP contribution in [0.25, 0.3) is 0 Å². The molecule has 0 aliphatic heterocycles. The molecule has 0 saturated carbocycles. The maximum absolute atomic E-state index is 11.7. The summed E-state index contributed by atoms with van der Waals surface area (Å²) in [5, 5.41) is 12.4. The van der Waals surface area contributed by atoms with Crippen LogP contribution >= 0.6 is 0 Å². The minimum atomic E-state index is -4.76. The number of alkyl halides is 3. The number of carbonyl (C=O) groups excluding carboxylic acids is 2. The normalized spacial score (nSPS) is 13.1. The van der Waals surface area contributed by atoms with E-state index in [9.17, 15) is 22.8 Å². The first-order chi connectivity index (χ1) is 6.73. The standard InChI is InChI=1S/C7H11F3N2O3/c1-4(13)11-3-6(15)12-2-5(14)7(8,9)10/h5,14H,2-3H2,1H3,(H,11,13)(H,12,15). The summed E-state index contributed by atoms with van der Waals surface area (Å²) in [5.74, 6) is -1.27. The number of aliphatic hydroxyl groups excluding tert-OH is 1. The van der Waals surface area contributed by atoms with Crippen molar-refractivity contribution in [2.45, 2.75) is 19.2 Å². The number of hydrogen-bond donors (Lipinski definition) is 3. The topological polar surface area (TPSA) is 78.4 Å². The van der Waals surface area contributed by atoms with Crippen molar-refractivity contribution in [2.75, 3.05) is 13.1 Å². The highest BCUT2D eigenvalue weighted by atomic mass is 19.4. The van der Waals surface area contributed by atoms with Crippen molar-refractivity contribution in [3.63, 3.8) is 0 Å². The van der Waals surface area contributed by atoms with Crippen molar-refractivity contribution in [2.24, 2.45) is 0 Å². The third-order valence-corrected chi connectivity index (χ3v) is 1.37. The van der Waals surface area contributed by atoms with Crippen LogP contribution in [0.1, 0.15) is 6.92 Å². The van der Waals surface area contributed by atoms with Crippen LogP contribution in [0.5, 0.6) is 0 Å². The van der Waals surface area contributed by atoms with Gasteiger partial charge in [0.2, 0.25) is 11.8 Å². The van der Waals surface area contributed by atoms with Gasteiger partial charge in [0.25, 0.3) is 0 Å². The fourth-order valence-corrected chi connectivity index (χ4v) is 0.593. The van der Waals surface area contributed by atoms with Crippen LogP contribution in [0, 0.1) is 0 Å². The summed E-state index contributed by atoms with van der Waals surface area (Å²) in [5.41, 5.74) is 0. The van der Waals surface area contributed by atoms with Gasteiger partial charge in [0, 0.05) is 6.92 Å². The molecule has 0 spiro atoms. The minimum Gasteiger partial charge on any atom is -0.382 e. The maximum Gasteiger partial charge on any atom is 0.416 e. The molecule has 0 saturated heterocycles. The molecule has 0 rings (SSSR count). The van der Waals surface area contributed by atoms with Gasteiger partial charge >= 0.3 is 6.18 Å². The molecule has 8 heteroatoms. The van der Waals surface area contributed by atoms with Crippen molar-refractivity contribution in [1.29, 1.82) is 0 Å². The molecule has 0 aliphatic rings. The lowest BCUT2D eigenvalue weighted by Gasteiger charge is -2.14. The van der Waals surface area contributed by atoms with E-state index in [-0.39, 0.29) is 0 Å². The van der Waals surface area contributed by atoms with Gasteiger partial charge in [-0.2, -0.15) is 13.2 Å². The Balaban J connectivity index is 3.76. The monoisotopic (exact) mass is 228 g/mol. The van der Waals surface area contributed by atoms with Gasteiger partial charge in [0.1, 0.15) is 0 Å². The van der Waals surface area contributed by atoms with Crippen LogP contribution in [0.4, 0.5) is 13.2 Å². The molecule has 5 nitrogen and oxygen atoms in total. The van der Waals surface area contributed by atoms with E-state index in [0.717, 1.165) is 6.92 Å². The van der Waals surface area contributed by atoms with Crippen molar-refractivity contribution < 1.29 is 27.9 Å². The smallest absolute Gasteiger partial charge is 0.382 e. The van der Waals surface area contributed by atoms with E-state index >= 15 is 0 Å². The molecule has 0 aromatic carbocycles. The van der Waals surface area contributed by atoms with Crippen LogP contribution in [-0.4, -0.2) is 42.3 Å². The zero-order valence-corrected chi connectivity index (χ0v) is 7.89. The summed E-state index contributed by atoms with van der Waals surface area (Å²) in [6.45, 7) is -0.181. The summed E-state index contributed by atoms with van der Waals surface area (Å²) < 4.78 is 35.2. The SMILES string of the molecule is CC(=O)NCC(=O)NCC(O)C(F)(F)F. The number of nitrogens with one attached hydrogen (secondary N) is 2. The van der Waals surface area contributed by atoms with Gasteiger partial charge in [0.05, 0.1) is 13.1 Å². The third kappa shape index (κ3) is 6.72. The highest BCUT2D eigenvalue weighted by molar-refractivity contribution is 5.83.